The highest BCUT2D eigenvalue weighted by atomic mass is 35.5. The van der Waals surface area contributed by atoms with E-state index in [1.165, 1.54) is 10.8 Å². The molecule has 3 heterocycles. The highest BCUT2D eigenvalue weighted by Gasteiger charge is 2.22. The number of hydrogen-bond donors (Lipinski definition) is 1. The van der Waals surface area contributed by atoms with E-state index < -0.39 is 0 Å². The van der Waals surface area contributed by atoms with Crippen molar-refractivity contribution in [3.63, 3.8) is 0 Å². The van der Waals surface area contributed by atoms with Crippen LogP contribution in [0, 0.1) is 6.92 Å². The van der Waals surface area contributed by atoms with Gasteiger partial charge in [-0.05, 0) is 61.4 Å². The van der Waals surface area contributed by atoms with Gasteiger partial charge in [-0.2, -0.15) is 0 Å². The molecule has 1 N–H and O–H groups in total. The summed E-state index contributed by atoms with van der Waals surface area (Å²) in [5, 5.41) is 12.3. The quantitative estimate of drug-likeness (QED) is 0.206. The Morgan fingerprint density at radius 2 is 1.67 bits per heavy atom. The topological polar surface area (TPSA) is 102 Å². The van der Waals surface area contributed by atoms with Crippen LogP contribution in [-0.4, -0.2) is 46.9 Å². The van der Waals surface area contributed by atoms with Gasteiger partial charge in [0.15, 0.2) is 0 Å². The SMILES string of the molecule is CCCN(Cc1nc2cc(Cl)ccc2c(=O)[nH]1)C(=O)c1ccc(C)cc1-n1cc(Cn2c3ccccc3c3ccccc32)nn1. The van der Waals surface area contributed by atoms with Crippen LogP contribution in [0.5, 0.6) is 0 Å². The van der Waals surface area contributed by atoms with Crippen molar-refractivity contribution in [2.75, 3.05) is 6.54 Å². The highest BCUT2D eigenvalue weighted by molar-refractivity contribution is 6.31. The Labute approximate surface area is 263 Å². The summed E-state index contributed by atoms with van der Waals surface area (Å²) in [5.41, 5.74) is 5.32. The highest BCUT2D eigenvalue weighted by Crippen LogP contribution is 2.29. The lowest BCUT2D eigenvalue weighted by Gasteiger charge is -2.23. The molecule has 3 aromatic heterocycles. The summed E-state index contributed by atoms with van der Waals surface area (Å²) < 4.78 is 3.92. The van der Waals surface area contributed by atoms with Crippen molar-refractivity contribution in [3.05, 3.63) is 129 Å². The zero-order valence-electron chi connectivity index (χ0n) is 24.9. The summed E-state index contributed by atoms with van der Waals surface area (Å²) in [6.07, 6.45) is 2.61. The van der Waals surface area contributed by atoms with E-state index in [0.717, 1.165) is 28.7 Å². The van der Waals surface area contributed by atoms with E-state index in [-0.39, 0.29) is 18.0 Å². The summed E-state index contributed by atoms with van der Waals surface area (Å²) in [5.74, 6) is 0.194. The number of aromatic amines is 1. The first-order valence-electron chi connectivity index (χ1n) is 14.9. The molecule has 0 atom stereocenters. The number of para-hydroxylation sites is 2. The van der Waals surface area contributed by atoms with Crippen molar-refractivity contribution in [3.8, 4) is 5.69 Å². The van der Waals surface area contributed by atoms with E-state index in [1.807, 2.05) is 50.4 Å². The number of aryl methyl sites for hydroxylation is 1. The van der Waals surface area contributed by atoms with Crippen LogP contribution in [0.1, 0.15) is 40.8 Å². The Hall–Kier alpha value is -5.28. The Kier molecular flexibility index (Phi) is 7.39. The van der Waals surface area contributed by atoms with E-state index >= 15 is 0 Å². The molecule has 9 nitrogen and oxygen atoms in total. The lowest BCUT2D eigenvalue weighted by molar-refractivity contribution is 0.0738. The van der Waals surface area contributed by atoms with Crippen LogP contribution < -0.4 is 5.56 Å². The van der Waals surface area contributed by atoms with E-state index in [1.54, 1.807) is 27.8 Å². The van der Waals surface area contributed by atoms with Gasteiger partial charge in [0, 0.05) is 33.4 Å². The van der Waals surface area contributed by atoms with E-state index in [9.17, 15) is 9.59 Å². The summed E-state index contributed by atoms with van der Waals surface area (Å²) in [4.78, 5) is 36.0. The number of rotatable bonds is 8. The van der Waals surface area contributed by atoms with E-state index in [0.29, 0.717) is 46.1 Å². The minimum absolute atomic E-state index is 0.133. The van der Waals surface area contributed by atoms with Gasteiger partial charge in [0.2, 0.25) is 0 Å². The third-order valence-corrected chi connectivity index (χ3v) is 8.25. The molecular formula is C35H30ClN7O2. The Balaban J connectivity index is 1.22. The molecule has 0 radical (unpaired) electrons. The standard InChI is InChI=1S/C35H30ClN7O2/c1-3-16-41(21-33-37-29-18-23(36)13-15-27(29)34(44)38-33)35(45)28-14-12-22(2)17-32(28)43-20-24(39-40-43)19-42-30-10-6-4-8-25(30)26-9-5-7-11-31(26)42/h4-15,17-18,20H,3,16,19,21H2,1-2H3,(H,37,38,44). The largest absolute Gasteiger partial charge is 0.334 e. The molecule has 45 heavy (non-hydrogen) atoms. The second-order valence-corrected chi connectivity index (χ2v) is 11.6. The van der Waals surface area contributed by atoms with Gasteiger partial charge in [-0.25, -0.2) is 9.67 Å². The molecule has 0 aliphatic carbocycles. The van der Waals surface area contributed by atoms with Crippen LogP contribution in [0.25, 0.3) is 38.4 Å². The fourth-order valence-corrected chi connectivity index (χ4v) is 6.11. The van der Waals surface area contributed by atoms with Crippen molar-refractivity contribution < 1.29 is 4.79 Å². The monoisotopic (exact) mass is 615 g/mol. The van der Waals surface area contributed by atoms with Crippen molar-refractivity contribution in [2.24, 2.45) is 0 Å². The molecule has 0 unspecified atom stereocenters. The van der Waals surface area contributed by atoms with Crippen LogP contribution in [0.15, 0.2) is 95.9 Å². The first-order chi connectivity index (χ1) is 21.9. The van der Waals surface area contributed by atoms with Gasteiger partial charge in [-0.15, -0.1) is 5.10 Å². The smallest absolute Gasteiger partial charge is 0.258 e. The molecule has 0 aliphatic rings. The molecule has 1 amide bonds. The molecule has 7 rings (SSSR count). The van der Waals surface area contributed by atoms with Crippen LogP contribution >= 0.6 is 11.6 Å². The molecular weight excluding hydrogens is 586 g/mol. The molecule has 0 bridgehead atoms. The van der Waals surface area contributed by atoms with Gasteiger partial charge < -0.3 is 14.5 Å². The summed E-state index contributed by atoms with van der Waals surface area (Å²) in [7, 11) is 0. The Morgan fingerprint density at radius 3 is 2.40 bits per heavy atom. The average Bonchev–Trinajstić information content (AvgIpc) is 3.63. The number of H-pyrrole nitrogens is 1. The van der Waals surface area contributed by atoms with Crippen molar-refractivity contribution in [1.29, 1.82) is 0 Å². The summed E-state index contributed by atoms with van der Waals surface area (Å²) >= 11 is 6.16. The number of halogens is 1. The van der Waals surface area contributed by atoms with Crippen LogP contribution in [0.3, 0.4) is 0 Å². The molecule has 10 heteroatoms. The number of carbonyl (C=O) groups excluding carboxylic acids is 1. The van der Waals surface area contributed by atoms with Gasteiger partial charge in [0.05, 0.1) is 41.4 Å². The fraction of sp³-hybridized carbons (Fsp3) is 0.171. The average molecular weight is 616 g/mol. The molecule has 0 saturated carbocycles. The molecule has 0 aliphatic heterocycles. The van der Waals surface area contributed by atoms with Crippen molar-refractivity contribution in [1.82, 2.24) is 34.4 Å². The van der Waals surface area contributed by atoms with Gasteiger partial charge in [-0.1, -0.05) is 66.2 Å². The van der Waals surface area contributed by atoms with Gasteiger partial charge in [0.25, 0.3) is 11.5 Å². The molecule has 7 aromatic rings. The van der Waals surface area contributed by atoms with Crippen molar-refractivity contribution in [2.45, 2.75) is 33.4 Å². The molecule has 0 fully saturated rings. The number of nitrogens with one attached hydrogen (secondary N) is 1. The minimum Gasteiger partial charge on any atom is -0.334 e. The Morgan fingerprint density at radius 1 is 0.933 bits per heavy atom. The molecule has 0 saturated heterocycles. The minimum atomic E-state index is -0.273. The third-order valence-electron chi connectivity index (χ3n) is 8.01. The zero-order valence-corrected chi connectivity index (χ0v) is 25.6. The fourth-order valence-electron chi connectivity index (χ4n) is 5.95. The lowest BCUT2D eigenvalue weighted by atomic mass is 10.1. The normalized spacial score (nSPS) is 11.5. The van der Waals surface area contributed by atoms with Crippen LogP contribution in [0.2, 0.25) is 5.02 Å². The molecule has 224 valence electrons. The number of aromatic nitrogens is 6. The van der Waals surface area contributed by atoms with Gasteiger partial charge in [-0.3, -0.25) is 9.59 Å². The maximum atomic E-state index is 14.1. The number of fused-ring (bicyclic) bond motifs is 4. The van der Waals surface area contributed by atoms with Crippen molar-refractivity contribution >= 4 is 50.2 Å². The van der Waals surface area contributed by atoms with Gasteiger partial charge >= 0.3 is 0 Å². The molecule has 0 spiro atoms. The number of hydrogen-bond acceptors (Lipinski definition) is 5. The first-order valence-corrected chi connectivity index (χ1v) is 15.2. The number of nitrogens with zero attached hydrogens (tertiary/aromatic N) is 6. The molecule has 4 aromatic carbocycles. The van der Waals surface area contributed by atoms with Gasteiger partial charge in [0.1, 0.15) is 11.5 Å². The number of amides is 1. The number of carbonyl (C=O) groups is 1. The maximum absolute atomic E-state index is 14.1. The summed E-state index contributed by atoms with van der Waals surface area (Å²) in [6.45, 7) is 5.11. The zero-order chi connectivity index (χ0) is 31.1. The van der Waals surface area contributed by atoms with E-state index in [2.05, 4.69) is 61.2 Å². The lowest BCUT2D eigenvalue weighted by Crippen LogP contribution is -2.33. The second kappa shape index (κ2) is 11.7. The third kappa shape index (κ3) is 5.36. The predicted octanol–water partition coefficient (Wildman–Crippen LogP) is 6.67. The number of benzene rings is 4. The predicted molar refractivity (Wildman–Crippen MR) is 177 cm³/mol. The first kappa shape index (κ1) is 28.5. The van der Waals surface area contributed by atoms with Crippen LogP contribution in [-0.2, 0) is 13.1 Å². The second-order valence-electron chi connectivity index (χ2n) is 11.2. The summed E-state index contributed by atoms with van der Waals surface area (Å²) in [6, 6.07) is 27.3. The van der Waals surface area contributed by atoms with E-state index in [4.69, 9.17) is 11.6 Å². The maximum Gasteiger partial charge on any atom is 0.258 e. The Bertz CT molecular complexity index is 2230. The van der Waals surface area contributed by atoms with Crippen LogP contribution in [0.4, 0.5) is 0 Å².